The lowest BCUT2D eigenvalue weighted by atomic mass is 9.85. The summed E-state index contributed by atoms with van der Waals surface area (Å²) < 4.78 is 1.54. The summed E-state index contributed by atoms with van der Waals surface area (Å²) in [5, 5.41) is 0. The zero-order chi connectivity index (χ0) is 20.4. The average Bonchev–Trinajstić information content (AvgIpc) is 3.15. The Bertz CT molecular complexity index is 966. The zero-order valence-corrected chi connectivity index (χ0v) is 16.8. The van der Waals surface area contributed by atoms with Crippen LogP contribution in [0, 0.1) is 6.92 Å². The predicted molar refractivity (Wildman–Crippen MR) is 112 cm³/mol. The molecule has 0 aliphatic carbocycles. The minimum atomic E-state index is -0.734. The van der Waals surface area contributed by atoms with Gasteiger partial charge in [0.05, 0.1) is 0 Å². The van der Waals surface area contributed by atoms with Gasteiger partial charge in [0.25, 0.3) is 11.5 Å². The van der Waals surface area contributed by atoms with E-state index in [0.717, 1.165) is 24.1 Å². The van der Waals surface area contributed by atoms with Crippen LogP contribution in [0.3, 0.4) is 0 Å². The van der Waals surface area contributed by atoms with Crippen LogP contribution in [0.2, 0.25) is 0 Å². The number of aromatic nitrogens is 1. The molecule has 6 nitrogen and oxygen atoms in total. The standard InChI is InChI=1S/C23H27N3O3/c1-18-7-9-19(10-8-18)25-15-4-12-23(22(25)29)13-5-16-26(23)21(28)11-17-24-14-3-2-6-20(24)27/h2-3,6-10,14H,4-5,11-13,15-17H2,1H3. The second kappa shape index (κ2) is 7.85. The van der Waals surface area contributed by atoms with E-state index in [1.807, 2.05) is 36.1 Å². The number of pyridine rings is 1. The molecule has 0 radical (unpaired) electrons. The van der Waals surface area contributed by atoms with Crippen molar-refractivity contribution in [2.75, 3.05) is 18.0 Å². The Hall–Kier alpha value is -2.89. The smallest absolute Gasteiger partial charge is 0.252 e. The van der Waals surface area contributed by atoms with Crippen LogP contribution in [0.1, 0.15) is 37.7 Å². The number of hydrogen-bond donors (Lipinski definition) is 0. The summed E-state index contributed by atoms with van der Waals surface area (Å²) in [4.78, 5) is 42.2. The van der Waals surface area contributed by atoms with Crippen molar-refractivity contribution in [1.82, 2.24) is 9.47 Å². The summed E-state index contributed by atoms with van der Waals surface area (Å²) in [7, 11) is 0. The molecule has 152 valence electrons. The number of anilines is 1. The molecule has 0 saturated carbocycles. The highest BCUT2D eigenvalue weighted by molar-refractivity contribution is 6.03. The molecule has 6 heteroatoms. The first-order valence-electron chi connectivity index (χ1n) is 10.4. The number of carbonyl (C=O) groups excluding carboxylic acids is 2. The van der Waals surface area contributed by atoms with Gasteiger partial charge in [0.1, 0.15) is 5.54 Å². The predicted octanol–water partition coefficient (Wildman–Crippen LogP) is 2.74. The molecule has 2 amide bonds. The Balaban J connectivity index is 1.53. The molecule has 0 bridgehead atoms. The summed E-state index contributed by atoms with van der Waals surface area (Å²) in [5.41, 5.74) is 1.20. The largest absolute Gasteiger partial charge is 0.328 e. The molecule has 4 rings (SSSR count). The lowest BCUT2D eigenvalue weighted by Crippen LogP contribution is -2.61. The van der Waals surface area contributed by atoms with Crippen molar-refractivity contribution in [3.8, 4) is 0 Å². The Morgan fingerprint density at radius 3 is 2.45 bits per heavy atom. The van der Waals surface area contributed by atoms with Gasteiger partial charge >= 0.3 is 0 Å². The Morgan fingerprint density at radius 1 is 1.00 bits per heavy atom. The maximum atomic E-state index is 13.6. The number of aryl methyl sites for hydroxylation is 2. The topological polar surface area (TPSA) is 62.6 Å². The van der Waals surface area contributed by atoms with Crippen molar-refractivity contribution in [2.45, 2.75) is 51.1 Å². The normalized spacial score (nSPS) is 21.8. The van der Waals surface area contributed by atoms with Crippen LogP contribution >= 0.6 is 0 Å². The number of benzene rings is 1. The average molecular weight is 393 g/mol. The van der Waals surface area contributed by atoms with Crippen molar-refractivity contribution in [3.05, 3.63) is 64.6 Å². The quantitative estimate of drug-likeness (QED) is 0.802. The molecule has 2 aromatic rings. The molecular formula is C23H27N3O3. The van der Waals surface area contributed by atoms with Gasteiger partial charge in [-0.15, -0.1) is 0 Å². The van der Waals surface area contributed by atoms with E-state index in [0.29, 0.717) is 32.5 Å². The van der Waals surface area contributed by atoms with E-state index < -0.39 is 5.54 Å². The molecule has 1 aromatic carbocycles. The summed E-state index contributed by atoms with van der Waals surface area (Å²) >= 11 is 0. The number of carbonyl (C=O) groups is 2. The molecule has 29 heavy (non-hydrogen) atoms. The Kier molecular flexibility index (Phi) is 5.26. The van der Waals surface area contributed by atoms with E-state index in [9.17, 15) is 14.4 Å². The van der Waals surface area contributed by atoms with Crippen LogP contribution in [-0.4, -0.2) is 39.9 Å². The van der Waals surface area contributed by atoms with E-state index in [2.05, 4.69) is 0 Å². The van der Waals surface area contributed by atoms with Gasteiger partial charge in [-0.3, -0.25) is 14.4 Å². The van der Waals surface area contributed by atoms with Gasteiger partial charge in [0.2, 0.25) is 5.91 Å². The molecule has 3 heterocycles. The molecular weight excluding hydrogens is 366 g/mol. The minimum Gasteiger partial charge on any atom is -0.328 e. The number of nitrogens with zero attached hydrogens (tertiary/aromatic N) is 3. The number of likely N-dealkylation sites (tertiary alicyclic amines) is 1. The van der Waals surface area contributed by atoms with E-state index in [4.69, 9.17) is 0 Å². The Morgan fingerprint density at radius 2 is 1.72 bits per heavy atom. The van der Waals surface area contributed by atoms with Crippen LogP contribution in [0.5, 0.6) is 0 Å². The molecule has 1 unspecified atom stereocenters. The lowest BCUT2D eigenvalue weighted by Gasteiger charge is -2.44. The van der Waals surface area contributed by atoms with Crippen molar-refractivity contribution in [2.24, 2.45) is 0 Å². The van der Waals surface area contributed by atoms with Crippen molar-refractivity contribution in [3.63, 3.8) is 0 Å². The fourth-order valence-corrected chi connectivity index (χ4v) is 4.68. The fraction of sp³-hybridized carbons (Fsp3) is 0.435. The molecule has 2 fully saturated rings. The summed E-state index contributed by atoms with van der Waals surface area (Å²) in [6.07, 6.45) is 5.06. The van der Waals surface area contributed by atoms with E-state index in [1.54, 1.807) is 27.8 Å². The van der Waals surface area contributed by atoms with Gasteiger partial charge in [-0.25, -0.2) is 0 Å². The Labute approximate surface area is 170 Å². The van der Waals surface area contributed by atoms with Crippen LogP contribution in [0.25, 0.3) is 0 Å². The summed E-state index contributed by atoms with van der Waals surface area (Å²) in [6, 6.07) is 13.0. The first-order valence-corrected chi connectivity index (χ1v) is 10.4. The summed E-state index contributed by atoms with van der Waals surface area (Å²) in [5.74, 6) is -0.00677. The second-order valence-electron chi connectivity index (χ2n) is 8.06. The van der Waals surface area contributed by atoms with Gasteiger partial charge in [0.15, 0.2) is 0 Å². The van der Waals surface area contributed by atoms with E-state index in [-0.39, 0.29) is 23.8 Å². The van der Waals surface area contributed by atoms with E-state index >= 15 is 0 Å². The molecule has 1 aromatic heterocycles. The van der Waals surface area contributed by atoms with Gasteiger partial charge < -0.3 is 14.4 Å². The van der Waals surface area contributed by atoms with Gasteiger partial charge in [-0.1, -0.05) is 23.8 Å². The third-order valence-corrected chi connectivity index (χ3v) is 6.22. The molecule has 1 spiro atoms. The van der Waals surface area contributed by atoms with Crippen molar-refractivity contribution in [1.29, 1.82) is 0 Å². The van der Waals surface area contributed by atoms with Crippen LogP contribution in [0.15, 0.2) is 53.5 Å². The fourth-order valence-electron chi connectivity index (χ4n) is 4.68. The highest BCUT2D eigenvalue weighted by Crippen LogP contribution is 2.40. The molecule has 2 saturated heterocycles. The number of piperidine rings is 1. The SMILES string of the molecule is Cc1ccc(N2CCCC3(CCCN3C(=O)CCn3ccccc3=O)C2=O)cc1. The number of amides is 2. The van der Waals surface area contributed by atoms with Crippen LogP contribution in [0.4, 0.5) is 5.69 Å². The van der Waals surface area contributed by atoms with Crippen molar-refractivity contribution < 1.29 is 9.59 Å². The van der Waals surface area contributed by atoms with Gasteiger partial charge in [-0.2, -0.15) is 0 Å². The van der Waals surface area contributed by atoms with Gasteiger partial charge in [-0.05, 0) is 50.8 Å². The molecule has 0 N–H and O–H groups in total. The molecule has 1 atom stereocenters. The first-order chi connectivity index (χ1) is 14.0. The first kappa shape index (κ1) is 19.4. The molecule has 2 aliphatic heterocycles. The van der Waals surface area contributed by atoms with Crippen LogP contribution < -0.4 is 10.5 Å². The number of hydrogen-bond acceptors (Lipinski definition) is 3. The number of rotatable bonds is 4. The van der Waals surface area contributed by atoms with Crippen molar-refractivity contribution >= 4 is 17.5 Å². The maximum absolute atomic E-state index is 13.6. The monoisotopic (exact) mass is 393 g/mol. The zero-order valence-electron chi connectivity index (χ0n) is 16.8. The highest BCUT2D eigenvalue weighted by atomic mass is 16.2. The third kappa shape index (κ3) is 3.59. The second-order valence-corrected chi connectivity index (χ2v) is 8.06. The maximum Gasteiger partial charge on any atom is 0.252 e. The molecule has 2 aliphatic rings. The summed E-state index contributed by atoms with van der Waals surface area (Å²) in [6.45, 7) is 3.65. The van der Waals surface area contributed by atoms with E-state index in [1.165, 1.54) is 6.07 Å². The van der Waals surface area contributed by atoms with Crippen LogP contribution in [-0.2, 0) is 16.1 Å². The lowest BCUT2D eigenvalue weighted by molar-refractivity contribution is -0.145. The minimum absolute atomic E-state index is 0.0373. The third-order valence-electron chi connectivity index (χ3n) is 6.22. The highest BCUT2D eigenvalue weighted by Gasteiger charge is 2.52. The van der Waals surface area contributed by atoms with Gasteiger partial charge in [0, 0.05) is 44.0 Å².